The van der Waals surface area contributed by atoms with E-state index in [-0.39, 0.29) is 11.9 Å². The van der Waals surface area contributed by atoms with Crippen LogP contribution in [0.4, 0.5) is 0 Å². The molecule has 1 aromatic carbocycles. The summed E-state index contributed by atoms with van der Waals surface area (Å²) in [7, 11) is 0. The van der Waals surface area contributed by atoms with Gasteiger partial charge in [-0.05, 0) is 32.4 Å². The summed E-state index contributed by atoms with van der Waals surface area (Å²) in [6.45, 7) is 4.76. The summed E-state index contributed by atoms with van der Waals surface area (Å²) in [6.07, 6.45) is 1.46. The first kappa shape index (κ1) is 17.6. The molecular formula is C16H23NO3S. The molecule has 0 atom stereocenters. The topological polar surface area (TPSA) is 55.4 Å². The number of benzene rings is 1. The third-order valence-electron chi connectivity index (χ3n) is 2.80. The lowest BCUT2D eigenvalue weighted by Crippen LogP contribution is -2.25. The van der Waals surface area contributed by atoms with E-state index in [0.717, 1.165) is 5.75 Å². The Morgan fingerprint density at radius 1 is 1.19 bits per heavy atom. The third kappa shape index (κ3) is 8.40. The minimum Gasteiger partial charge on any atom is -0.466 e. The maximum atomic E-state index is 11.6. The quantitative estimate of drug-likeness (QED) is 0.433. The molecule has 0 saturated heterocycles. The number of rotatable bonds is 9. The van der Waals surface area contributed by atoms with Crippen molar-refractivity contribution < 1.29 is 14.3 Å². The van der Waals surface area contributed by atoms with Crippen LogP contribution in [0, 0.1) is 6.92 Å². The van der Waals surface area contributed by atoms with Gasteiger partial charge in [0, 0.05) is 30.0 Å². The second kappa shape index (κ2) is 10.3. The Hall–Kier alpha value is -1.49. The molecule has 116 valence electrons. The highest BCUT2D eigenvalue weighted by Crippen LogP contribution is 2.18. The molecule has 0 unspecified atom stereocenters. The molecule has 0 aliphatic heterocycles. The van der Waals surface area contributed by atoms with Gasteiger partial charge in [-0.25, -0.2) is 0 Å². The number of hydrogen-bond acceptors (Lipinski definition) is 4. The van der Waals surface area contributed by atoms with Crippen molar-refractivity contribution in [2.24, 2.45) is 0 Å². The average Bonchev–Trinajstić information content (AvgIpc) is 2.46. The lowest BCUT2D eigenvalue weighted by atomic mass is 10.2. The Morgan fingerprint density at radius 3 is 2.57 bits per heavy atom. The number of carbonyl (C=O) groups excluding carboxylic acids is 2. The molecule has 0 spiro atoms. The Morgan fingerprint density at radius 2 is 1.90 bits per heavy atom. The van der Waals surface area contributed by atoms with Gasteiger partial charge in [0.25, 0.3) is 0 Å². The zero-order valence-corrected chi connectivity index (χ0v) is 13.5. The summed E-state index contributed by atoms with van der Waals surface area (Å²) in [5, 5.41) is 2.82. The van der Waals surface area contributed by atoms with E-state index in [9.17, 15) is 9.59 Å². The van der Waals surface area contributed by atoms with Crippen LogP contribution >= 0.6 is 11.8 Å². The van der Waals surface area contributed by atoms with Crippen molar-refractivity contribution in [1.82, 2.24) is 5.32 Å². The Bertz CT molecular complexity index is 445. The van der Waals surface area contributed by atoms with E-state index in [1.54, 1.807) is 18.7 Å². The predicted octanol–water partition coefficient (Wildman–Crippen LogP) is 2.94. The van der Waals surface area contributed by atoms with Gasteiger partial charge in [0.2, 0.25) is 5.91 Å². The predicted molar refractivity (Wildman–Crippen MR) is 85.4 cm³/mol. The molecular weight excluding hydrogens is 286 g/mol. The minimum absolute atomic E-state index is 0.0264. The fourth-order valence-corrected chi connectivity index (χ4v) is 2.53. The molecule has 1 amide bonds. The number of aryl methyl sites for hydroxylation is 1. The zero-order chi connectivity index (χ0) is 15.5. The van der Waals surface area contributed by atoms with Gasteiger partial charge in [-0.15, -0.1) is 11.8 Å². The van der Waals surface area contributed by atoms with E-state index in [0.29, 0.717) is 32.4 Å². The lowest BCUT2D eigenvalue weighted by molar-refractivity contribution is -0.143. The molecule has 0 aliphatic rings. The summed E-state index contributed by atoms with van der Waals surface area (Å²) >= 11 is 1.67. The first-order valence-corrected chi connectivity index (χ1v) is 8.22. The molecule has 0 aromatic heterocycles. The lowest BCUT2D eigenvalue weighted by Gasteiger charge is -2.05. The molecule has 0 bridgehead atoms. The van der Waals surface area contributed by atoms with Gasteiger partial charge >= 0.3 is 5.97 Å². The van der Waals surface area contributed by atoms with Crippen molar-refractivity contribution in [2.75, 3.05) is 18.9 Å². The number of nitrogens with one attached hydrogen (secondary N) is 1. The molecule has 21 heavy (non-hydrogen) atoms. The highest BCUT2D eigenvalue weighted by atomic mass is 32.2. The molecule has 1 aromatic rings. The van der Waals surface area contributed by atoms with E-state index >= 15 is 0 Å². The maximum Gasteiger partial charge on any atom is 0.305 e. The number of carbonyl (C=O) groups is 2. The standard InChI is InChI=1S/C16H23NO3S/c1-3-20-16(19)5-4-11-17-15(18)10-12-21-14-8-6-13(2)7-9-14/h6-9H,3-5,10-12H2,1-2H3,(H,17,18). The van der Waals surface area contributed by atoms with Crippen LogP contribution in [0.5, 0.6) is 0 Å². The first-order valence-electron chi connectivity index (χ1n) is 7.23. The molecule has 0 saturated carbocycles. The molecule has 1 rings (SSSR count). The van der Waals surface area contributed by atoms with Gasteiger partial charge in [0.15, 0.2) is 0 Å². The number of thioether (sulfide) groups is 1. The van der Waals surface area contributed by atoms with Crippen LogP contribution in [-0.4, -0.2) is 30.8 Å². The molecule has 0 fully saturated rings. The zero-order valence-electron chi connectivity index (χ0n) is 12.7. The summed E-state index contributed by atoms with van der Waals surface area (Å²) in [4.78, 5) is 23.9. The normalized spacial score (nSPS) is 10.2. The van der Waals surface area contributed by atoms with E-state index in [1.165, 1.54) is 10.5 Å². The largest absolute Gasteiger partial charge is 0.466 e. The second-order valence-corrected chi connectivity index (χ2v) is 5.84. The number of amides is 1. The molecule has 0 radical (unpaired) electrons. The van der Waals surface area contributed by atoms with Crippen molar-refractivity contribution in [3.63, 3.8) is 0 Å². The van der Waals surface area contributed by atoms with Crippen molar-refractivity contribution >= 4 is 23.6 Å². The van der Waals surface area contributed by atoms with Crippen LogP contribution in [0.1, 0.15) is 31.7 Å². The van der Waals surface area contributed by atoms with Crippen LogP contribution in [0.2, 0.25) is 0 Å². The van der Waals surface area contributed by atoms with Gasteiger partial charge in [-0.1, -0.05) is 17.7 Å². The van der Waals surface area contributed by atoms with Gasteiger partial charge < -0.3 is 10.1 Å². The van der Waals surface area contributed by atoms with Crippen molar-refractivity contribution in [3.8, 4) is 0 Å². The van der Waals surface area contributed by atoms with Crippen LogP contribution in [-0.2, 0) is 14.3 Å². The fourth-order valence-electron chi connectivity index (χ4n) is 1.68. The van der Waals surface area contributed by atoms with Gasteiger partial charge in [-0.3, -0.25) is 9.59 Å². The fraction of sp³-hybridized carbons (Fsp3) is 0.500. The van der Waals surface area contributed by atoms with Crippen LogP contribution in [0.15, 0.2) is 29.2 Å². The summed E-state index contributed by atoms with van der Waals surface area (Å²) in [5.41, 5.74) is 1.23. The molecule has 0 heterocycles. The van der Waals surface area contributed by atoms with Crippen LogP contribution in [0.25, 0.3) is 0 Å². The van der Waals surface area contributed by atoms with E-state index < -0.39 is 0 Å². The van der Waals surface area contributed by atoms with Crippen molar-refractivity contribution in [2.45, 2.75) is 38.0 Å². The second-order valence-electron chi connectivity index (χ2n) is 4.67. The SMILES string of the molecule is CCOC(=O)CCCNC(=O)CCSc1ccc(C)cc1. The molecule has 1 N–H and O–H groups in total. The third-order valence-corrected chi connectivity index (χ3v) is 3.82. The highest BCUT2D eigenvalue weighted by molar-refractivity contribution is 7.99. The molecule has 0 aliphatic carbocycles. The Kier molecular flexibility index (Phi) is 8.59. The van der Waals surface area contributed by atoms with Crippen molar-refractivity contribution in [3.05, 3.63) is 29.8 Å². The van der Waals surface area contributed by atoms with Gasteiger partial charge in [-0.2, -0.15) is 0 Å². The Balaban J connectivity index is 2.06. The van der Waals surface area contributed by atoms with Gasteiger partial charge in [0.1, 0.15) is 0 Å². The average molecular weight is 309 g/mol. The number of esters is 1. The smallest absolute Gasteiger partial charge is 0.305 e. The molecule has 4 nitrogen and oxygen atoms in total. The Labute approximate surface area is 130 Å². The van der Waals surface area contributed by atoms with Gasteiger partial charge in [0.05, 0.1) is 6.61 Å². The summed E-state index contributed by atoms with van der Waals surface area (Å²) in [5.74, 6) is 0.576. The van der Waals surface area contributed by atoms with Crippen molar-refractivity contribution in [1.29, 1.82) is 0 Å². The summed E-state index contributed by atoms with van der Waals surface area (Å²) in [6, 6.07) is 8.27. The summed E-state index contributed by atoms with van der Waals surface area (Å²) < 4.78 is 4.82. The first-order chi connectivity index (χ1) is 10.1. The minimum atomic E-state index is -0.207. The van der Waals surface area contributed by atoms with E-state index in [1.807, 2.05) is 0 Å². The number of ether oxygens (including phenoxy) is 1. The molecule has 5 heteroatoms. The highest BCUT2D eigenvalue weighted by Gasteiger charge is 2.04. The van der Waals surface area contributed by atoms with E-state index in [4.69, 9.17) is 4.74 Å². The van der Waals surface area contributed by atoms with Crippen LogP contribution in [0.3, 0.4) is 0 Å². The number of hydrogen-bond donors (Lipinski definition) is 1. The van der Waals surface area contributed by atoms with Crippen LogP contribution < -0.4 is 5.32 Å². The monoisotopic (exact) mass is 309 g/mol. The van der Waals surface area contributed by atoms with E-state index in [2.05, 4.69) is 36.5 Å². The maximum absolute atomic E-state index is 11.6.